The molecule has 0 aromatic carbocycles. The molecule has 0 unspecified atom stereocenters. The summed E-state index contributed by atoms with van der Waals surface area (Å²) in [6, 6.07) is 0. The lowest BCUT2D eigenvalue weighted by Crippen LogP contribution is -2.32. The zero-order valence-electron chi connectivity index (χ0n) is 8.90. The van der Waals surface area contributed by atoms with Gasteiger partial charge in [0.05, 0.1) is 5.88 Å². The van der Waals surface area contributed by atoms with Crippen LogP contribution in [0.5, 0.6) is 0 Å². The van der Waals surface area contributed by atoms with E-state index in [0.29, 0.717) is 5.88 Å². The highest BCUT2D eigenvalue weighted by Crippen LogP contribution is 2.08. The van der Waals surface area contributed by atoms with Crippen LogP contribution >= 0.6 is 11.6 Å². The van der Waals surface area contributed by atoms with Crippen LogP contribution in [-0.2, 0) is 12.4 Å². The van der Waals surface area contributed by atoms with Gasteiger partial charge in [-0.15, -0.1) is 21.8 Å². The van der Waals surface area contributed by atoms with E-state index in [4.69, 9.17) is 11.6 Å². The van der Waals surface area contributed by atoms with Gasteiger partial charge in [-0.1, -0.05) is 6.42 Å². The molecule has 15 heavy (non-hydrogen) atoms. The zero-order chi connectivity index (χ0) is 10.5. The Morgan fingerprint density at radius 3 is 2.73 bits per heavy atom. The van der Waals surface area contributed by atoms with Gasteiger partial charge in [0, 0.05) is 13.1 Å². The van der Waals surface area contributed by atoms with Gasteiger partial charge in [0.2, 0.25) is 0 Å². The molecular weight excluding hydrogens is 212 g/mol. The second-order valence-electron chi connectivity index (χ2n) is 3.98. The van der Waals surface area contributed by atoms with Crippen molar-refractivity contribution in [1.29, 1.82) is 0 Å². The Morgan fingerprint density at radius 2 is 2.00 bits per heavy atom. The Morgan fingerprint density at radius 1 is 1.20 bits per heavy atom. The maximum absolute atomic E-state index is 5.76. The molecule has 0 amide bonds. The molecule has 0 spiro atoms. The van der Waals surface area contributed by atoms with Gasteiger partial charge in [-0.05, 0) is 25.9 Å². The van der Waals surface area contributed by atoms with Crippen LogP contribution in [0.4, 0.5) is 0 Å². The van der Waals surface area contributed by atoms with Gasteiger partial charge >= 0.3 is 0 Å². The van der Waals surface area contributed by atoms with Crippen LogP contribution < -0.4 is 0 Å². The van der Waals surface area contributed by atoms with Crippen LogP contribution in [0.3, 0.4) is 0 Å². The van der Waals surface area contributed by atoms with E-state index in [2.05, 4.69) is 15.1 Å². The molecule has 0 saturated carbocycles. The maximum Gasteiger partial charge on any atom is 0.147 e. The summed E-state index contributed by atoms with van der Waals surface area (Å²) in [7, 11) is 0. The number of piperidine rings is 1. The monoisotopic (exact) mass is 228 g/mol. The van der Waals surface area contributed by atoms with Gasteiger partial charge in [0.1, 0.15) is 12.2 Å². The Bertz CT molecular complexity index is 293. The molecule has 84 valence electrons. The molecule has 0 N–H and O–H groups in total. The van der Waals surface area contributed by atoms with Crippen molar-refractivity contribution < 1.29 is 0 Å². The number of alkyl halides is 1. The average molecular weight is 229 g/mol. The number of rotatable bonds is 4. The van der Waals surface area contributed by atoms with Crippen molar-refractivity contribution in [1.82, 2.24) is 19.7 Å². The smallest absolute Gasteiger partial charge is 0.147 e. The number of aromatic nitrogens is 3. The highest BCUT2D eigenvalue weighted by Gasteiger charge is 2.10. The van der Waals surface area contributed by atoms with Crippen molar-refractivity contribution in [3.8, 4) is 0 Å². The van der Waals surface area contributed by atoms with Crippen molar-refractivity contribution in [3.05, 3.63) is 12.2 Å². The standard InChI is InChI=1S/C10H17ClN4/c11-8-10-13-12-9-15(10)7-6-14-4-2-1-3-5-14/h9H,1-8H2. The molecule has 1 saturated heterocycles. The fraction of sp³-hybridized carbons (Fsp3) is 0.800. The Labute approximate surface area is 95.2 Å². The van der Waals surface area contributed by atoms with Gasteiger partial charge in [0.15, 0.2) is 0 Å². The van der Waals surface area contributed by atoms with E-state index in [0.717, 1.165) is 18.9 Å². The molecule has 2 heterocycles. The number of likely N-dealkylation sites (tertiary alicyclic amines) is 1. The lowest BCUT2D eigenvalue weighted by molar-refractivity contribution is 0.220. The molecule has 1 aliphatic heterocycles. The molecule has 5 heteroatoms. The van der Waals surface area contributed by atoms with E-state index >= 15 is 0 Å². The number of hydrogen-bond donors (Lipinski definition) is 0. The third kappa shape index (κ3) is 2.92. The predicted octanol–water partition coefficient (Wildman–Crippen LogP) is 1.50. The van der Waals surface area contributed by atoms with Gasteiger partial charge in [-0.3, -0.25) is 0 Å². The lowest BCUT2D eigenvalue weighted by Gasteiger charge is -2.26. The van der Waals surface area contributed by atoms with E-state index < -0.39 is 0 Å². The minimum absolute atomic E-state index is 0.444. The average Bonchev–Trinajstić information content (AvgIpc) is 2.75. The predicted molar refractivity (Wildman–Crippen MR) is 59.9 cm³/mol. The second kappa shape index (κ2) is 5.47. The van der Waals surface area contributed by atoms with Crippen molar-refractivity contribution in [2.45, 2.75) is 31.7 Å². The van der Waals surface area contributed by atoms with Crippen molar-refractivity contribution in [2.75, 3.05) is 19.6 Å². The molecule has 1 aliphatic rings. The van der Waals surface area contributed by atoms with Gasteiger partial charge in [-0.2, -0.15) is 0 Å². The zero-order valence-corrected chi connectivity index (χ0v) is 9.66. The Hall–Kier alpha value is -0.610. The van der Waals surface area contributed by atoms with Crippen molar-refractivity contribution in [3.63, 3.8) is 0 Å². The Kier molecular flexibility index (Phi) is 3.97. The van der Waals surface area contributed by atoms with Crippen LogP contribution in [0.1, 0.15) is 25.1 Å². The molecule has 0 atom stereocenters. The first-order valence-corrected chi connectivity index (χ1v) is 6.08. The van der Waals surface area contributed by atoms with Crippen LogP contribution in [0.15, 0.2) is 6.33 Å². The summed E-state index contributed by atoms with van der Waals surface area (Å²) in [6.07, 6.45) is 5.83. The lowest BCUT2D eigenvalue weighted by atomic mass is 10.1. The molecule has 0 bridgehead atoms. The van der Waals surface area contributed by atoms with Gasteiger partial charge < -0.3 is 9.47 Å². The third-order valence-electron chi connectivity index (χ3n) is 2.92. The molecule has 0 radical (unpaired) electrons. The van der Waals surface area contributed by atoms with Crippen LogP contribution in [0, 0.1) is 0 Å². The van der Waals surface area contributed by atoms with E-state index in [1.54, 1.807) is 6.33 Å². The topological polar surface area (TPSA) is 34.0 Å². The fourth-order valence-electron chi connectivity index (χ4n) is 2.00. The summed E-state index contributed by atoms with van der Waals surface area (Å²) < 4.78 is 2.04. The second-order valence-corrected chi connectivity index (χ2v) is 4.24. The largest absolute Gasteiger partial charge is 0.315 e. The van der Waals surface area contributed by atoms with E-state index in [1.807, 2.05) is 4.57 Å². The number of nitrogens with zero attached hydrogens (tertiary/aromatic N) is 4. The summed E-state index contributed by atoms with van der Waals surface area (Å²) in [5, 5.41) is 7.83. The fourth-order valence-corrected chi connectivity index (χ4v) is 2.21. The highest BCUT2D eigenvalue weighted by atomic mass is 35.5. The first-order valence-electron chi connectivity index (χ1n) is 5.55. The molecule has 2 rings (SSSR count). The molecule has 1 aromatic rings. The summed E-state index contributed by atoms with van der Waals surface area (Å²) in [4.78, 5) is 2.50. The van der Waals surface area contributed by atoms with Gasteiger partial charge in [0.25, 0.3) is 0 Å². The van der Waals surface area contributed by atoms with Crippen LogP contribution in [0.2, 0.25) is 0 Å². The minimum Gasteiger partial charge on any atom is -0.315 e. The summed E-state index contributed by atoms with van der Waals surface area (Å²) in [5.41, 5.74) is 0. The third-order valence-corrected chi connectivity index (χ3v) is 3.16. The molecular formula is C10H17ClN4. The summed E-state index contributed by atoms with van der Waals surface area (Å²) in [5.74, 6) is 1.31. The summed E-state index contributed by atoms with van der Waals surface area (Å²) in [6.45, 7) is 4.51. The van der Waals surface area contributed by atoms with E-state index in [-0.39, 0.29) is 0 Å². The normalized spacial score (nSPS) is 18.2. The first-order chi connectivity index (χ1) is 7.40. The highest BCUT2D eigenvalue weighted by molar-refractivity contribution is 6.16. The van der Waals surface area contributed by atoms with Crippen molar-refractivity contribution in [2.24, 2.45) is 0 Å². The Balaban J connectivity index is 1.81. The molecule has 1 aromatic heterocycles. The van der Waals surface area contributed by atoms with E-state index in [9.17, 15) is 0 Å². The first kappa shape index (κ1) is 10.9. The van der Waals surface area contributed by atoms with Crippen molar-refractivity contribution >= 4 is 11.6 Å². The molecule has 4 nitrogen and oxygen atoms in total. The van der Waals surface area contributed by atoms with E-state index in [1.165, 1.54) is 32.4 Å². The number of hydrogen-bond acceptors (Lipinski definition) is 3. The maximum atomic E-state index is 5.76. The van der Waals surface area contributed by atoms with Crippen LogP contribution in [0.25, 0.3) is 0 Å². The van der Waals surface area contributed by atoms with Gasteiger partial charge in [-0.25, -0.2) is 0 Å². The summed E-state index contributed by atoms with van der Waals surface area (Å²) >= 11 is 5.76. The molecule has 0 aliphatic carbocycles. The van der Waals surface area contributed by atoms with Crippen LogP contribution in [-0.4, -0.2) is 39.3 Å². The SMILES string of the molecule is ClCc1nncn1CCN1CCCCC1. The quantitative estimate of drug-likeness (QED) is 0.733. The number of halogens is 1. The minimum atomic E-state index is 0.444. The molecule has 1 fully saturated rings.